The highest BCUT2D eigenvalue weighted by Gasteiger charge is 2.20. The maximum absolute atomic E-state index is 5.45. The van der Waals surface area contributed by atoms with E-state index in [9.17, 15) is 0 Å². The largest absolute Gasteiger partial charge is 0.336 e. The first-order chi connectivity index (χ1) is 10.3. The van der Waals surface area contributed by atoms with Crippen molar-refractivity contribution < 1.29 is 4.52 Å². The van der Waals surface area contributed by atoms with E-state index in [-0.39, 0.29) is 0 Å². The molecule has 1 aromatic carbocycles. The van der Waals surface area contributed by atoms with Crippen LogP contribution in [-0.4, -0.2) is 48.3 Å². The van der Waals surface area contributed by atoms with Gasteiger partial charge in [-0.05, 0) is 35.5 Å². The molecule has 3 heterocycles. The molecule has 0 amide bonds. The molecule has 0 aliphatic carbocycles. The number of nitrogens with one attached hydrogen (secondary N) is 1. The Morgan fingerprint density at radius 1 is 1.10 bits per heavy atom. The molecule has 2 aliphatic heterocycles. The van der Waals surface area contributed by atoms with Gasteiger partial charge in [0.25, 0.3) is 11.8 Å². The normalized spacial score (nSPS) is 19.0. The molecule has 2 aromatic rings. The van der Waals surface area contributed by atoms with Crippen LogP contribution in [0.5, 0.6) is 0 Å². The Kier molecular flexibility index (Phi) is 3.12. The zero-order chi connectivity index (χ0) is 14.2. The summed E-state index contributed by atoms with van der Waals surface area (Å²) in [7, 11) is 2.14. The van der Waals surface area contributed by atoms with E-state index in [1.807, 2.05) is 0 Å². The predicted octanol–water partition coefficient (Wildman–Crippen LogP) is 1.09. The molecule has 1 N–H and O–H groups in total. The average molecular weight is 285 g/mol. The Balaban J connectivity index is 1.57. The van der Waals surface area contributed by atoms with E-state index in [0.717, 1.165) is 44.8 Å². The minimum absolute atomic E-state index is 0.610. The Labute approximate surface area is 123 Å². The highest BCUT2D eigenvalue weighted by atomic mass is 16.5. The zero-order valence-corrected chi connectivity index (χ0v) is 12.2. The van der Waals surface area contributed by atoms with Crippen LogP contribution in [0.25, 0.3) is 11.5 Å². The third-order valence-corrected chi connectivity index (χ3v) is 4.29. The van der Waals surface area contributed by atoms with Gasteiger partial charge < -0.3 is 19.6 Å². The van der Waals surface area contributed by atoms with Crippen LogP contribution >= 0.6 is 0 Å². The number of benzene rings is 1. The molecular weight excluding hydrogens is 266 g/mol. The molecule has 2 aliphatic rings. The summed E-state index contributed by atoms with van der Waals surface area (Å²) in [6.07, 6.45) is 0. The second kappa shape index (κ2) is 5.13. The molecular formula is C15H19N5O. The van der Waals surface area contributed by atoms with Gasteiger partial charge in [-0.15, -0.1) is 0 Å². The van der Waals surface area contributed by atoms with Gasteiger partial charge in [-0.3, -0.25) is 0 Å². The molecule has 1 saturated heterocycles. The van der Waals surface area contributed by atoms with Crippen molar-refractivity contribution in [1.29, 1.82) is 0 Å². The first-order valence-corrected chi connectivity index (χ1v) is 7.40. The fraction of sp³-hybridized carbons (Fsp3) is 0.467. The van der Waals surface area contributed by atoms with Crippen molar-refractivity contribution in [2.24, 2.45) is 0 Å². The van der Waals surface area contributed by atoms with Gasteiger partial charge in [0.15, 0.2) is 0 Å². The lowest BCUT2D eigenvalue weighted by atomic mass is 10.1. The summed E-state index contributed by atoms with van der Waals surface area (Å²) in [4.78, 5) is 9.06. The van der Waals surface area contributed by atoms with E-state index < -0.39 is 0 Å². The maximum Gasteiger partial charge on any atom is 0.266 e. The zero-order valence-electron chi connectivity index (χ0n) is 12.2. The smallest absolute Gasteiger partial charge is 0.266 e. The van der Waals surface area contributed by atoms with Gasteiger partial charge in [-0.25, -0.2) is 0 Å². The lowest BCUT2D eigenvalue weighted by Gasteiger charge is -2.31. The van der Waals surface area contributed by atoms with E-state index in [1.165, 1.54) is 11.1 Å². The molecule has 6 heteroatoms. The number of anilines is 1. The molecule has 0 spiro atoms. The van der Waals surface area contributed by atoms with Crippen molar-refractivity contribution in [2.75, 3.05) is 38.1 Å². The van der Waals surface area contributed by atoms with Crippen molar-refractivity contribution in [3.05, 3.63) is 29.3 Å². The topological polar surface area (TPSA) is 57.4 Å². The van der Waals surface area contributed by atoms with Crippen molar-refractivity contribution in [2.45, 2.75) is 13.1 Å². The Morgan fingerprint density at radius 3 is 2.76 bits per heavy atom. The van der Waals surface area contributed by atoms with Crippen LogP contribution in [0.3, 0.4) is 0 Å². The maximum atomic E-state index is 5.45. The first-order valence-electron chi connectivity index (χ1n) is 7.40. The van der Waals surface area contributed by atoms with Crippen LogP contribution in [0.2, 0.25) is 0 Å². The Hall–Kier alpha value is -1.92. The number of fused-ring (bicyclic) bond motifs is 1. The number of nitrogens with zero attached hydrogens (tertiary/aromatic N) is 4. The summed E-state index contributed by atoms with van der Waals surface area (Å²) >= 11 is 0. The summed E-state index contributed by atoms with van der Waals surface area (Å²) in [6.45, 7) is 5.84. The molecule has 4 rings (SSSR count). The number of hydrogen-bond donors (Lipinski definition) is 1. The Morgan fingerprint density at radius 2 is 1.90 bits per heavy atom. The van der Waals surface area contributed by atoms with E-state index in [0.29, 0.717) is 11.8 Å². The van der Waals surface area contributed by atoms with E-state index in [2.05, 4.69) is 50.5 Å². The van der Waals surface area contributed by atoms with Gasteiger partial charge in [0, 0.05) is 44.8 Å². The first kappa shape index (κ1) is 12.8. The van der Waals surface area contributed by atoms with E-state index in [4.69, 9.17) is 4.52 Å². The monoisotopic (exact) mass is 285 g/mol. The van der Waals surface area contributed by atoms with Gasteiger partial charge in [-0.1, -0.05) is 6.07 Å². The highest BCUT2D eigenvalue weighted by Crippen LogP contribution is 2.25. The lowest BCUT2D eigenvalue weighted by molar-refractivity contribution is 0.309. The van der Waals surface area contributed by atoms with Crippen molar-refractivity contribution in [1.82, 2.24) is 20.4 Å². The van der Waals surface area contributed by atoms with Crippen molar-refractivity contribution in [3.8, 4) is 11.5 Å². The summed E-state index contributed by atoms with van der Waals surface area (Å²) in [5, 5.41) is 7.49. The van der Waals surface area contributed by atoms with Gasteiger partial charge in [-0.2, -0.15) is 4.98 Å². The quantitative estimate of drug-likeness (QED) is 0.891. The standard InChI is InChI=1S/C15H19N5O/c1-19-4-6-20(7-5-19)15-17-14(21-18-15)11-2-3-12-9-16-10-13(12)8-11/h2-3,8,16H,4-7,9-10H2,1H3. The minimum atomic E-state index is 0.610. The molecule has 0 bridgehead atoms. The number of hydrogen-bond acceptors (Lipinski definition) is 6. The van der Waals surface area contributed by atoms with E-state index in [1.54, 1.807) is 0 Å². The van der Waals surface area contributed by atoms with Crippen molar-refractivity contribution in [3.63, 3.8) is 0 Å². The SMILES string of the molecule is CN1CCN(c2noc(-c3ccc4c(c3)CNC4)n2)CC1. The summed E-state index contributed by atoms with van der Waals surface area (Å²) in [6, 6.07) is 6.36. The average Bonchev–Trinajstić information content (AvgIpc) is 3.16. The van der Waals surface area contributed by atoms with Gasteiger partial charge >= 0.3 is 0 Å². The van der Waals surface area contributed by atoms with Crippen LogP contribution in [0.15, 0.2) is 22.7 Å². The minimum Gasteiger partial charge on any atom is -0.336 e. The third-order valence-electron chi connectivity index (χ3n) is 4.29. The molecule has 1 fully saturated rings. The van der Waals surface area contributed by atoms with Crippen LogP contribution in [0, 0.1) is 0 Å². The molecule has 6 nitrogen and oxygen atoms in total. The Bertz CT molecular complexity index is 645. The fourth-order valence-electron chi connectivity index (χ4n) is 2.90. The lowest BCUT2D eigenvalue weighted by Crippen LogP contribution is -2.44. The molecule has 0 unspecified atom stereocenters. The number of piperazine rings is 1. The summed E-state index contributed by atoms with van der Waals surface area (Å²) in [5.74, 6) is 1.32. The second-order valence-corrected chi connectivity index (χ2v) is 5.78. The van der Waals surface area contributed by atoms with Crippen molar-refractivity contribution >= 4 is 5.95 Å². The summed E-state index contributed by atoms with van der Waals surface area (Å²) in [5.41, 5.74) is 3.69. The molecule has 0 saturated carbocycles. The molecule has 0 radical (unpaired) electrons. The third kappa shape index (κ3) is 2.41. The van der Waals surface area contributed by atoms with Crippen LogP contribution in [0.4, 0.5) is 5.95 Å². The number of rotatable bonds is 2. The van der Waals surface area contributed by atoms with Gasteiger partial charge in [0.2, 0.25) is 0 Å². The van der Waals surface area contributed by atoms with Gasteiger partial charge in [0.1, 0.15) is 0 Å². The summed E-state index contributed by atoms with van der Waals surface area (Å²) < 4.78 is 5.45. The number of likely N-dealkylation sites (N-methyl/N-ethyl adjacent to an activating group) is 1. The molecule has 1 aromatic heterocycles. The van der Waals surface area contributed by atoms with E-state index >= 15 is 0 Å². The second-order valence-electron chi connectivity index (χ2n) is 5.78. The van der Waals surface area contributed by atoms with Crippen LogP contribution in [0.1, 0.15) is 11.1 Å². The fourth-order valence-corrected chi connectivity index (χ4v) is 2.90. The molecule has 21 heavy (non-hydrogen) atoms. The van der Waals surface area contributed by atoms with Gasteiger partial charge in [0.05, 0.1) is 0 Å². The van der Waals surface area contributed by atoms with Crippen LogP contribution in [-0.2, 0) is 13.1 Å². The predicted molar refractivity (Wildman–Crippen MR) is 80.0 cm³/mol. The van der Waals surface area contributed by atoms with Crippen LogP contribution < -0.4 is 10.2 Å². The molecule has 0 atom stereocenters. The highest BCUT2D eigenvalue weighted by molar-refractivity contribution is 5.57. The molecule has 110 valence electrons. The number of aromatic nitrogens is 2.